The Morgan fingerprint density at radius 2 is 1.92 bits per heavy atom. The van der Waals surface area contributed by atoms with Gasteiger partial charge >= 0.3 is 0 Å². The highest BCUT2D eigenvalue weighted by atomic mass is 19.3. The van der Waals surface area contributed by atoms with Crippen LogP contribution in [0, 0.1) is 0 Å². The van der Waals surface area contributed by atoms with Crippen LogP contribution in [0.15, 0.2) is 0 Å². The molecule has 0 aliphatic carbocycles. The Morgan fingerprint density at radius 3 is 2.38 bits per heavy atom. The Labute approximate surface area is 72.7 Å². The molecule has 1 heterocycles. The maximum Gasteiger partial charge on any atom is 0.295 e. The van der Waals surface area contributed by atoms with Gasteiger partial charge < -0.3 is 25.8 Å². The van der Waals surface area contributed by atoms with E-state index in [0.717, 1.165) is 0 Å². The van der Waals surface area contributed by atoms with E-state index in [1.165, 1.54) is 0 Å². The Balaban J connectivity index is 2.82. The van der Waals surface area contributed by atoms with E-state index in [4.69, 9.17) is 21.1 Å². The highest BCUT2D eigenvalue weighted by Gasteiger charge is 2.56. The number of nitrogens with two attached hydrogens (primary N) is 1. The molecule has 1 saturated heterocycles. The van der Waals surface area contributed by atoms with Crippen LogP contribution in [0.1, 0.15) is 0 Å². The van der Waals surface area contributed by atoms with E-state index in [1.807, 2.05) is 0 Å². The van der Waals surface area contributed by atoms with Crippen molar-refractivity contribution in [3.63, 3.8) is 0 Å². The summed E-state index contributed by atoms with van der Waals surface area (Å²) in [4.78, 5) is 0. The van der Waals surface area contributed by atoms with Crippen molar-refractivity contribution in [3.8, 4) is 0 Å². The second-order valence-electron chi connectivity index (χ2n) is 2.89. The Kier molecular flexibility index (Phi) is 2.83. The zero-order chi connectivity index (χ0) is 10.2. The molecule has 0 amide bonds. The molecule has 0 spiro atoms. The Morgan fingerprint density at radius 1 is 1.38 bits per heavy atom. The first-order chi connectivity index (χ1) is 5.91. The van der Waals surface area contributed by atoms with Gasteiger partial charge in [0, 0.05) is 0 Å². The van der Waals surface area contributed by atoms with Crippen LogP contribution in [-0.2, 0) is 4.74 Å². The van der Waals surface area contributed by atoms with Crippen LogP contribution in [0.4, 0.5) is 8.78 Å². The van der Waals surface area contributed by atoms with E-state index in [2.05, 4.69) is 4.74 Å². The molecule has 1 fully saturated rings. The molecule has 7 heteroatoms. The van der Waals surface area contributed by atoms with Gasteiger partial charge in [-0.3, -0.25) is 0 Å². The summed E-state index contributed by atoms with van der Waals surface area (Å²) in [5, 5.41) is 26.4. The lowest BCUT2D eigenvalue weighted by molar-refractivity contribution is -0.296. The van der Waals surface area contributed by atoms with Crippen molar-refractivity contribution in [1.29, 1.82) is 0 Å². The molecule has 0 aromatic carbocycles. The van der Waals surface area contributed by atoms with E-state index >= 15 is 0 Å². The van der Waals surface area contributed by atoms with Crippen molar-refractivity contribution < 1.29 is 28.8 Å². The quantitative estimate of drug-likeness (QED) is 0.392. The van der Waals surface area contributed by atoms with Crippen molar-refractivity contribution in [2.75, 3.05) is 6.61 Å². The summed E-state index contributed by atoms with van der Waals surface area (Å²) in [6.07, 6.45) is -5.59. The summed E-state index contributed by atoms with van der Waals surface area (Å²) in [5.41, 5.74) is 4.90. The number of ether oxygens (including phenoxy) is 1. The zero-order valence-corrected chi connectivity index (χ0v) is 6.60. The number of aliphatic hydroxyl groups is 3. The van der Waals surface area contributed by atoms with Gasteiger partial charge in [-0.2, -0.15) is 0 Å². The molecule has 4 atom stereocenters. The predicted molar refractivity (Wildman–Crippen MR) is 36.9 cm³/mol. The molecule has 1 rings (SSSR count). The van der Waals surface area contributed by atoms with Gasteiger partial charge in [0.15, 0.2) is 6.29 Å². The van der Waals surface area contributed by atoms with Gasteiger partial charge in [0.2, 0.25) is 0 Å². The lowest BCUT2D eigenvalue weighted by atomic mass is 9.97. The average Bonchev–Trinajstić information content (AvgIpc) is 2.09. The number of rotatable bonds is 1. The van der Waals surface area contributed by atoms with Crippen molar-refractivity contribution in [2.24, 2.45) is 5.73 Å². The van der Waals surface area contributed by atoms with Gasteiger partial charge in [-0.05, 0) is 0 Å². The maximum absolute atomic E-state index is 13.0. The van der Waals surface area contributed by atoms with Crippen molar-refractivity contribution in [3.05, 3.63) is 0 Å². The fourth-order valence-electron chi connectivity index (χ4n) is 1.12. The largest absolute Gasteiger partial charge is 0.394 e. The second-order valence-corrected chi connectivity index (χ2v) is 2.89. The predicted octanol–water partition coefficient (Wildman–Crippen LogP) is -1.98. The van der Waals surface area contributed by atoms with Crippen LogP contribution < -0.4 is 5.73 Å². The van der Waals surface area contributed by atoms with Gasteiger partial charge in [0.25, 0.3) is 5.92 Å². The Bertz CT molecular complexity index is 191. The second kappa shape index (κ2) is 3.43. The third-order valence-corrected chi connectivity index (χ3v) is 1.99. The molecule has 0 bridgehead atoms. The monoisotopic (exact) mass is 199 g/mol. The molecular formula is C6H11F2NO4. The first kappa shape index (κ1) is 10.7. The summed E-state index contributed by atoms with van der Waals surface area (Å²) >= 11 is 0. The summed E-state index contributed by atoms with van der Waals surface area (Å²) in [5.74, 6) is -3.66. The lowest BCUT2D eigenvalue weighted by Crippen LogP contribution is -2.65. The molecule has 0 radical (unpaired) electrons. The molecule has 0 aromatic rings. The van der Waals surface area contributed by atoms with Crippen LogP contribution >= 0.6 is 0 Å². The summed E-state index contributed by atoms with van der Waals surface area (Å²) < 4.78 is 30.4. The number of alkyl halides is 2. The zero-order valence-electron chi connectivity index (χ0n) is 6.60. The fourth-order valence-corrected chi connectivity index (χ4v) is 1.12. The van der Waals surface area contributed by atoms with Crippen LogP contribution in [0.2, 0.25) is 0 Å². The highest BCUT2D eigenvalue weighted by molar-refractivity contribution is 4.97. The van der Waals surface area contributed by atoms with Crippen molar-refractivity contribution >= 4 is 0 Å². The molecular weight excluding hydrogens is 188 g/mol. The molecule has 13 heavy (non-hydrogen) atoms. The molecule has 5 N–H and O–H groups in total. The van der Waals surface area contributed by atoms with Gasteiger partial charge in [-0.1, -0.05) is 0 Å². The van der Waals surface area contributed by atoms with Crippen molar-refractivity contribution in [1.82, 2.24) is 0 Å². The van der Waals surface area contributed by atoms with Crippen LogP contribution in [0.25, 0.3) is 0 Å². The number of aliphatic hydroxyl groups excluding tert-OH is 3. The smallest absolute Gasteiger partial charge is 0.295 e. The minimum absolute atomic E-state index is 0.805. The van der Waals surface area contributed by atoms with Gasteiger partial charge in [-0.25, -0.2) is 8.78 Å². The SMILES string of the molecule is NC1C(O)OC(CO)C(O)C1(F)F. The van der Waals surface area contributed by atoms with Crippen LogP contribution in [0.5, 0.6) is 0 Å². The van der Waals surface area contributed by atoms with Crippen LogP contribution in [0.3, 0.4) is 0 Å². The van der Waals surface area contributed by atoms with E-state index in [0.29, 0.717) is 0 Å². The molecule has 78 valence electrons. The first-order valence-corrected chi connectivity index (χ1v) is 3.67. The van der Waals surface area contributed by atoms with E-state index in [-0.39, 0.29) is 0 Å². The van der Waals surface area contributed by atoms with Crippen LogP contribution in [-0.4, -0.2) is 52.4 Å². The molecule has 5 nitrogen and oxygen atoms in total. The molecule has 0 aromatic heterocycles. The normalized spacial score (nSPS) is 44.8. The summed E-state index contributed by atoms with van der Waals surface area (Å²) in [7, 11) is 0. The Hall–Kier alpha value is -0.340. The highest BCUT2D eigenvalue weighted by Crippen LogP contribution is 2.32. The lowest BCUT2D eigenvalue weighted by Gasteiger charge is -2.40. The summed E-state index contributed by atoms with van der Waals surface area (Å²) in [6.45, 7) is -0.805. The van der Waals surface area contributed by atoms with E-state index in [9.17, 15) is 8.78 Å². The molecule has 1 aliphatic heterocycles. The van der Waals surface area contributed by atoms with Gasteiger partial charge in [-0.15, -0.1) is 0 Å². The van der Waals surface area contributed by atoms with Gasteiger partial charge in [0.05, 0.1) is 6.61 Å². The minimum Gasteiger partial charge on any atom is -0.394 e. The molecule has 0 saturated carbocycles. The molecule has 4 unspecified atom stereocenters. The first-order valence-electron chi connectivity index (χ1n) is 3.67. The van der Waals surface area contributed by atoms with Gasteiger partial charge in [0.1, 0.15) is 18.2 Å². The number of hydrogen-bond acceptors (Lipinski definition) is 5. The minimum atomic E-state index is -3.66. The standard InChI is InChI=1S/C6H11F2NO4/c7-6(8)3(9)5(12)13-2(1-10)4(6)11/h2-5,10-12H,1,9H2. The summed E-state index contributed by atoms with van der Waals surface area (Å²) in [6, 6.07) is -1.98. The van der Waals surface area contributed by atoms with Crippen molar-refractivity contribution in [2.45, 2.75) is 30.5 Å². The number of hydrogen-bond donors (Lipinski definition) is 4. The topological polar surface area (TPSA) is 95.9 Å². The third-order valence-electron chi connectivity index (χ3n) is 1.99. The molecule has 1 aliphatic rings. The maximum atomic E-state index is 13.0. The van der Waals surface area contributed by atoms with E-state index < -0.39 is 37.1 Å². The average molecular weight is 199 g/mol. The number of halogens is 2. The fraction of sp³-hybridized carbons (Fsp3) is 1.00. The van der Waals surface area contributed by atoms with E-state index in [1.54, 1.807) is 0 Å². The third kappa shape index (κ3) is 1.65.